The molecule has 20 heavy (non-hydrogen) atoms. The van der Waals surface area contributed by atoms with Crippen molar-refractivity contribution in [1.82, 2.24) is 5.16 Å². The van der Waals surface area contributed by atoms with Crippen molar-refractivity contribution in [2.75, 3.05) is 5.73 Å². The van der Waals surface area contributed by atoms with Crippen molar-refractivity contribution in [2.45, 2.75) is 6.92 Å². The molecule has 0 saturated carbocycles. The summed E-state index contributed by atoms with van der Waals surface area (Å²) in [6, 6.07) is 14.0. The van der Waals surface area contributed by atoms with E-state index in [2.05, 4.69) is 5.16 Å². The smallest absolute Gasteiger partial charge is 0.176 e. The van der Waals surface area contributed by atoms with Gasteiger partial charge >= 0.3 is 0 Å². The molecule has 3 nitrogen and oxygen atoms in total. The Hall–Kier alpha value is -2.62. The highest BCUT2D eigenvalue weighted by atomic mass is 19.1. The Kier molecular flexibility index (Phi) is 2.99. The number of aromatic nitrogens is 1. The largest absolute Gasteiger partial charge is 0.380 e. The third-order valence-electron chi connectivity index (χ3n) is 3.13. The van der Waals surface area contributed by atoms with Gasteiger partial charge in [0.15, 0.2) is 11.6 Å². The maximum atomic E-state index is 13.0. The lowest BCUT2D eigenvalue weighted by Gasteiger charge is -2.03. The van der Waals surface area contributed by atoms with Crippen LogP contribution >= 0.6 is 0 Å². The monoisotopic (exact) mass is 268 g/mol. The molecule has 3 rings (SSSR count). The first-order valence-corrected chi connectivity index (χ1v) is 6.23. The van der Waals surface area contributed by atoms with Crippen molar-refractivity contribution >= 4 is 5.82 Å². The predicted molar refractivity (Wildman–Crippen MR) is 76.5 cm³/mol. The van der Waals surface area contributed by atoms with Crippen LogP contribution in [0.4, 0.5) is 10.2 Å². The molecular weight excluding hydrogens is 255 g/mol. The lowest BCUT2D eigenvalue weighted by atomic mass is 10.0. The molecule has 3 aromatic rings. The number of hydrogen-bond donors (Lipinski definition) is 1. The lowest BCUT2D eigenvalue weighted by molar-refractivity contribution is 0.436. The summed E-state index contributed by atoms with van der Waals surface area (Å²) in [7, 11) is 0. The zero-order valence-corrected chi connectivity index (χ0v) is 10.9. The van der Waals surface area contributed by atoms with E-state index < -0.39 is 0 Å². The Balaban J connectivity index is 2.17. The third kappa shape index (κ3) is 2.16. The summed E-state index contributed by atoms with van der Waals surface area (Å²) in [5, 5.41) is 3.83. The number of nitrogens with zero attached hydrogens (tertiary/aromatic N) is 1. The maximum absolute atomic E-state index is 13.0. The molecule has 0 aliphatic rings. The van der Waals surface area contributed by atoms with Gasteiger partial charge in [-0.15, -0.1) is 0 Å². The second kappa shape index (κ2) is 4.81. The molecule has 0 amide bonds. The summed E-state index contributed by atoms with van der Waals surface area (Å²) in [6.07, 6.45) is 0. The summed E-state index contributed by atoms with van der Waals surface area (Å²) >= 11 is 0. The zero-order chi connectivity index (χ0) is 14.1. The second-order valence-electron chi connectivity index (χ2n) is 4.65. The summed E-state index contributed by atoms with van der Waals surface area (Å²) in [5.41, 5.74) is 9.37. The van der Waals surface area contributed by atoms with Gasteiger partial charge in [0.1, 0.15) is 5.82 Å². The highest BCUT2D eigenvalue weighted by molar-refractivity contribution is 5.86. The van der Waals surface area contributed by atoms with Crippen LogP contribution in [0.25, 0.3) is 22.5 Å². The number of rotatable bonds is 2. The average Bonchev–Trinajstić information content (AvgIpc) is 2.82. The molecule has 2 N–H and O–H groups in total. The van der Waals surface area contributed by atoms with Crippen LogP contribution in [0, 0.1) is 12.7 Å². The fourth-order valence-corrected chi connectivity index (χ4v) is 2.18. The van der Waals surface area contributed by atoms with Gasteiger partial charge in [-0.05, 0) is 30.7 Å². The predicted octanol–water partition coefficient (Wildman–Crippen LogP) is 4.04. The Morgan fingerprint density at radius 2 is 1.80 bits per heavy atom. The number of halogens is 1. The SMILES string of the molecule is Cc1cccc(-c2onc(N)c2-c2ccc(F)cc2)c1. The molecule has 0 radical (unpaired) electrons. The Labute approximate surface area is 115 Å². The summed E-state index contributed by atoms with van der Waals surface area (Å²) in [4.78, 5) is 0. The fourth-order valence-electron chi connectivity index (χ4n) is 2.18. The van der Waals surface area contributed by atoms with Crippen molar-refractivity contribution in [3.8, 4) is 22.5 Å². The van der Waals surface area contributed by atoms with Gasteiger partial charge in [-0.1, -0.05) is 41.1 Å². The van der Waals surface area contributed by atoms with Gasteiger partial charge in [-0.2, -0.15) is 0 Å². The number of hydrogen-bond acceptors (Lipinski definition) is 3. The van der Waals surface area contributed by atoms with Crippen molar-refractivity contribution in [2.24, 2.45) is 0 Å². The summed E-state index contributed by atoms with van der Waals surface area (Å²) in [6.45, 7) is 2.00. The molecule has 100 valence electrons. The molecule has 0 fully saturated rings. The molecule has 1 heterocycles. The minimum atomic E-state index is -0.291. The van der Waals surface area contributed by atoms with Gasteiger partial charge in [-0.25, -0.2) is 4.39 Å². The van der Waals surface area contributed by atoms with Crippen LogP contribution in [0.2, 0.25) is 0 Å². The van der Waals surface area contributed by atoms with E-state index in [1.165, 1.54) is 12.1 Å². The number of aryl methyl sites for hydroxylation is 1. The standard InChI is InChI=1S/C16H13FN2O/c1-10-3-2-4-12(9-10)15-14(16(18)19-20-15)11-5-7-13(17)8-6-11/h2-9H,1H3,(H2,18,19). The minimum Gasteiger partial charge on any atom is -0.380 e. The van der Waals surface area contributed by atoms with E-state index >= 15 is 0 Å². The van der Waals surface area contributed by atoms with E-state index in [1.54, 1.807) is 12.1 Å². The van der Waals surface area contributed by atoms with E-state index in [0.717, 1.165) is 16.7 Å². The summed E-state index contributed by atoms with van der Waals surface area (Å²) in [5.74, 6) is 0.604. The van der Waals surface area contributed by atoms with E-state index in [0.29, 0.717) is 17.1 Å². The van der Waals surface area contributed by atoms with Crippen molar-refractivity contribution in [3.05, 3.63) is 59.9 Å². The summed E-state index contributed by atoms with van der Waals surface area (Å²) < 4.78 is 18.4. The normalized spacial score (nSPS) is 10.7. The van der Waals surface area contributed by atoms with Crippen molar-refractivity contribution in [3.63, 3.8) is 0 Å². The molecule has 0 saturated heterocycles. The van der Waals surface area contributed by atoms with Crippen LogP contribution in [0.5, 0.6) is 0 Å². The fraction of sp³-hybridized carbons (Fsp3) is 0.0625. The third-order valence-corrected chi connectivity index (χ3v) is 3.13. The van der Waals surface area contributed by atoms with Gasteiger partial charge in [0.05, 0.1) is 5.56 Å². The molecule has 0 spiro atoms. The van der Waals surface area contributed by atoms with Crippen LogP contribution in [0.3, 0.4) is 0 Å². The Morgan fingerprint density at radius 3 is 2.50 bits per heavy atom. The molecule has 0 aliphatic carbocycles. The molecule has 0 bridgehead atoms. The highest BCUT2D eigenvalue weighted by Gasteiger charge is 2.17. The number of anilines is 1. The number of benzene rings is 2. The maximum Gasteiger partial charge on any atom is 0.176 e. The van der Waals surface area contributed by atoms with Crippen LogP contribution in [-0.2, 0) is 0 Å². The Bertz CT molecular complexity index is 747. The molecule has 0 atom stereocenters. The van der Waals surface area contributed by atoms with Gasteiger partial charge in [0.2, 0.25) is 0 Å². The molecule has 4 heteroatoms. The van der Waals surface area contributed by atoms with Gasteiger partial charge in [-0.3, -0.25) is 0 Å². The first-order valence-electron chi connectivity index (χ1n) is 6.23. The van der Waals surface area contributed by atoms with Gasteiger partial charge in [0, 0.05) is 5.56 Å². The quantitative estimate of drug-likeness (QED) is 0.763. The first-order chi connectivity index (χ1) is 9.65. The topological polar surface area (TPSA) is 52.0 Å². The molecule has 2 aromatic carbocycles. The minimum absolute atomic E-state index is 0.291. The van der Waals surface area contributed by atoms with Crippen molar-refractivity contribution in [1.29, 1.82) is 0 Å². The van der Waals surface area contributed by atoms with E-state index in [9.17, 15) is 4.39 Å². The molecule has 1 aromatic heterocycles. The van der Waals surface area contributed by atoms with Gasteiger partial charge < -0.3 is 10.3 Å². The Morgan fingerprint density at radius 1 is 1.05 bits per heavy atom. The molecule has 0 aliphatic heterocycles. The van der Waals surface area contributed by atoms with Crippen LogP contribution in [-0.4, -0.2) is 5.16 Å². The molecular formula is C16H13FN2O. The van der Waals surface area contributed by atoms with Crippen LogP contribution in [0.1, 0.15) is 5.56 Å². The van der Waals surface area contributed by atoms with Crippen LogP contribution < -0.4 is 5.73 Å². The zero-order valence-electron chi connectivity index (χ0n) is 10.9. The highest BCUT2D eigenvalue weighted by Crippen LogP contribution is 2.36. The number of nitrogens with two attached hydrogens (primary N) is 1. The second-order valence-corrected chi connectivity index (χ2v) is 4.65. The van der Waals surface area contributed by atoms with Crippen LogP contribution in [0.15, 0.2) is 53.1 Å². The van der Waals surface area contributed by atoms with E-state index in [4.69, 9.17) is 10.3 Å². The van der Waals surface area contributed by atoms with E-state index in [1.807, 2.05) is 31.2 Å². The first kappa shape index (κ1) is 12.4. The van der Waals surface area contributed by atoms with Gasteiger partial charge in [0.25, 0.3) is 0 Å². The van der Waals surface area contributed by atoms with E-state index in [-0.39, 0.29) is 5.82 Å². The molecule has 0 unspecified atom stereocenters. The lowest BCUT2D eigenvalue weighted by Crippen LogP contribution is -1.89. The number of nitrogen functional groups attached to an aromatic ring is 1. The average molecular weight is 268 g/mol. The van der Waals surface area contributed by atoms with Crippen molar-refractivity contribution < 1.29 is 8.91 Å².